The average Bonchev–Trinajstić information content (AvgIpc) is 3.09. The third kappa shape index (κ3) is 2.94. The summed E-state index contributed by atoms with van der Waals surface area (Å²) in [6, 6.07) is 9.62. The lowest BCUT2D eigenvalue weighted by Gasteiger charge is -2.16. The van der Waals surface area contributed by atoms with Gasteiger partial charge in [-0.15, -0.1) is 0 Å². The summed E-state index contributed by atoms with van der Waals surface area (Å²) in [5.41, 5.74) is 0.794. The fourth-order valence-electron chi connectivity index (χ4n) is 2.66. The van der Waals surface area contributed by atoms with Gasteiger partial charge in [-0.05, 0) is 19.1 Å². The molecular weight excluding hydrogens is 268 g/mol. The molecule has 0 spiro atoms. The molecule has 1 aliphatic heterocycles. The zero-order valence-corrected chi connectivity index (χ0v) is 12.0. The van der Waals surface area contributed by atoms with Gasteiger partial charge in [0.2, 0.25) is 5.91 Å². The highest BCUT2D eigenvalue weighted by Gasteiger charge is 2.26. The number of benzene rings is 1. The van der Waals surface area contributed by atoms with Gasteiger partial charge in [0.1, 0.15) is 11.3 Å². The molecule has 1 aliphatic rings. The maximum atomic E-state index is 12.2. The molecular formula is C16H20N2O3. The largest absolute Gasteiger partial charge is 0.460 e. The Bertz CT molecular complexity index is 604. The summed E-state index contributed by atoms with van der Waals surface area (Å²) in [6.45, 7) is 3.65. The highest BCUT2D eigenvalue weighted by Crippen LogP contribution is 2.25. The minimum atomic E-state index is -0.383. The second-order valence-corrected chi connectivity index (χ2v) is 5.64. The Hall–Kier alpha value is -1.85. The molecule has 3 N–H and O–H groups in total. The molecule has 3 rings (SSSR count). The number of amides is 1. The van der Waals surface area contributed by atoms with Crippen molar-refractivity contribution in [2.45, 2.75) is 18.9 Å². The number of aliphatic hydroxyl groups excluding tert-OH is 1. The van der Waals surface area contributed by atoms with Crippen molar-refractivity contribution in [2.24, 2.45) is 5.92 Å². The van der Waals surface area contributed by atoms with Crippen molar-refractivity contribution in [1.29, 1.82) is 0 Å². The van der Waals surface area contributed by atoms with Gasteiger partial charge in [-0.2, -0.15) is 0 Å². The van der Waals surface area contributed by atoms with Gasteiger partial charge in [0.25, 0.3) is 0 Å². The summed E-state index contributed by atoms with van der Waals surface area (Å²) in [5, 5.41) is 16.7. The van der Waals surface area contributed by atoms with Crippen LogP contribution in [0.4, 0.5) is 0 Å². The van der Waals surface area contributed by atoms with Crippen LogP contribution in [0.1, 0.15) is 18.6 Å². The van der Waals surface area contributed by atoms with E-state index in [9.17, 15) is 9.90 Å². The lowest BCUT2D eigenvalue weighted by atomic mass is 10.0. The van der Waals surface area contributed by atoms with Gasteiger partial charge in [0.15, 0.2) is 0 Å². The van der Waals surface area contributed by atoms with Crippen molar-refractivity contribution in [3.8, 4) is 0 Å². The summed E-state index contributed by atoms with van der Waals surface area (Å²) in [7, 11) is 0. The second kappa shape index (κ2) is 5.87. The molecule has 1 saturated heterocycles. The van der Waals surface area contributed by atoms with Crippen LogP contribution in [0.15, 0.2) is 34.7 Å². The van der Waals surface area contributed by atoms with E-state index in [0.29, 0.717) is 18.8 Å². The molecule has 3 unspecified atom stereocenters. The fourth-order valence-corrected chi connectivity index (χ4v) is 2.66. The summed E-state index contributed by atoms with van der Waals surface area (Å²) in [4.78, 5) is 12.2. The third-order valence-electron chi connectivity index (χ3n) is 4.11. The van der Waals surface area contributed by atoms with E-state index in [1.807, 2.05) is 37.3 Å². The number of rotatable bonds is 4. The lowest BCUT2D eigenvalue weighted by molar-refractivity contribution is -0.122. The number of β-amino-alcohol motifs (C(OH)–C–C–N with tert-alkyl or cyclic N) is 1. The second-order valence-electron chi connectivity index (χ2n) is 5.64. The number of hydrogen-bond donors (Lipinski definition) is 3. The smallest absolute Gasteiger partial charge is 0.230 e. The molecule has 1 aromatic carbocycles. The number of nitrogens with one attached hydrogen (secondary N) is 2. The van der Waals surface area contributed by atoms with E-state index in [2.05, 4.69) is 10.6 Å². The molecule has 1 amide bonds. The van der Waals surface area contributed by atoms with E-state index in [-0.39, 0.29) is 23.8 Å². The van der Waals surface area contributed by atoms with Gasteiger partial charge in [-0.1, -0.05) is 18.2 Å². The molecule has 21 heavy (non-hydrogen) atoms. The van der Waals surface area contributed by atoms with Crippen molar-refractivity contribution >= 4 is 16.9 Å². The van der Waals surface area contributed by atoms with Crippen LogP contribution in [-0.4, -0.2) is 36.8 Å². The average molecular weight is 288 g/mol. The van der Waals surface area contributed by atoms with Crippen molar-refractivity contribution < 1.29 is 14.3 Å². The van der Waals surface area contributed by atoms with Crippen LogP contribution in [0.3, 0.4) is 0 Å². The molecule has 3 atom stereocenters. The Kier molecular flexibility index (Phi) is 3.94. The van der Waals surface area contributed by atoms with Crippen LogP contribution >= 0.6 is 0 Å². The van der Waals surface area contributed by atoms with E-state index in [1.54, 1.807) is 0 Å². The first-order chi connectivity index (χ1) is 10.1. The zero-order valence-electron chi connectivity index (χ0n) is 12.0. The van der Waals surface area contributed by atoms with E-state index in [0.717, 1.165) is 17.5 Å². The quantitative estimate of drug-likeness (QED) is 0.791. The van der Waals surface area contributed by atoms with Gasteiger partial charge in [0, 0.05) is 30.9 Å². The first-order valence-corrected chi connectivity index (χ1v) is 7.30. The van der Waals surface area contributed by atoms with E-state index in [4.69, 9.17) is 4.42 Å². The van der Waals surface area contributed by atoms with Crippen molar-refractivity contribution in [1.82, 2.24) is 10.6 Å². The molecule has 0 saturated carbocycles. The molecule has 5 heteroatoms. The zero-order chi connectivity index (χ0) is 14.8. The highest BCUT2D eigenvalue weighted by molar-refractivity contribution is 5.85. The Balaban J connectivity index is 1.63. The van der Waals surface area contributed by atoms with Gasteiger partial charge in [-0.3, -0.25) is 4.79 Å². The maximum Gasteiger partial charge on any atom is 0.230 e. The Labute approximate surface area is 123 Å². The molecule has 0 aliphatic carbocycles. The monoisotopic (exact) mass is 288 g/mol. The minimum Gasteiger partial charge on any atom is -0.460 e. The van der Waals surface area contributed by atoms with E-state index >= 15 is 0 Å². The summed E-state index contributed by atoms with van der Waals surface area (Å²) >= 11 is 0. The molecule has 1 fully saturated rings. The molecule has 2 heterocycles. The van der Waals surface area contributed by atoms with Crippen LogP contribution in [-0.2, 0) is 4.79 Å². The highest BCUT2D eigenvalue weighted by atomic mass is 16.3. The van der Waals surface area contributed by atoms with Crippen LogP contribution < -0.4 is 10.6 Å². The molecule has 112 valence electrons. The van der Waals surface area contributed by atoms with Crippen LogP contribution in [0.25, 0.3) is 11.0 Å². The molecule has 1 aromatic heterocycles. The Morgan fingerprint density at radius 3 is 3.00 bits per heavy atom. The minimum absolute atomic E-state index is 0.0758. The number of carbonyl (C=O) groups is 1. The van der Waals surface area contributed by atoms with Gasteiger partial charge >= 0.3 is 0 Å². The first kappa shape index (κ1) is 14.1. The lowest BCUT2D eigenvalue weighted by Crippen LogP contribution is -2.36. The Morgan fingerprint density at radius 2 is 2.29 bits per heavy atom. The van der Waals surface area contributed by atoms with Crippen molar-refractivity contribution in [2.75, 3.05) is 19.6 Å². The maximum absolute atomic E-state index is 12.2. The van der Waals surface area contributed by atoms with Crippen LogP contribution in [0.5, 0.6) is 0 Å². The van der Waals surface area contributed by atoms with Crippen molar-refractivity contribution in [3.05, 3.63) is 36.1 Å². The summed E-state index contributed by atoms with van der Waals surface area (Å²) < 4.78 is 5.72. The molecule has 5 nitrogen and oxygen atoms in total. The van der Waals surface area contributed by atoms with Gasteiger partial charge < -0.3 is 20.2 Å². The topological polar surface area (TPSA) is 74.5 Å². The third-order valence-corrected chi connectivity index (χ3v) is 4.11. The first-order valence-electron chi connectivity index (χ1n) is 7.30. The molecule has 0 bridgehead atoms. The van der Waals surface area contributed by atoms with E-state index < -0.39 is 0 Å². The number of furan rings is 1. The van der Waals surface area contributed by atoms with E-state index in [1.165, 1.54) is 0 Å². The predicted octanol–water partition coefficient (Wildman–Crippen LogP) is 1.23. The van der Waals surface area contributed by atoms with Crippen LogP contribution in [0, 0.1) is 5.92 Å². The van der Waals surface area contributed by atoms with Crippen molar-refractivity contribution in [3.63, 3.8) is 0 Å². The number of fused-ring (bicyclic) bond motifs is 1. The molecule has 2 aromatic rings. The Morgan fingerprint density at radius 1 is 1.48 bits per heavy atom. The normalized spacial score (nSPS) is 23.3. The number of carbonyl (C=O) groups excluding carboxylic acids is 1. The predicted molar refractivity (Wildman–Crippen MR) is 80.0 cm³/mol. The summed E-state index contributed by atoms with van der Waals surface area (Å²) in [6.07, 6.45) is -0.383. The number of aliphatic hydroxyl groups is 1. The van der Waals surface area contributed by atoms with Gasteiger partial charge in [-0.25, -0.2) is 0 Å². The standard InChI is InChI=1S/C16H20N2O3/c1-10(15-6-11-4-2-3-5-14(11)21-15)16(20)18-8-12-7-17-9-13(12)19/h2-6,10,12-13,17,19H,7-9H2,1H3,(H,18,20). The van der Waals surface area contributed by atoms with Crippen LogP contribution in [0.2, 0.25) is 0 Å². The number of para-hydroxylation sites is 1. The number of hydrogen-bond acceptors (Lipinski definition) is 4. The molecule has 0 radical (unpaired) electrons. The SMILES string of the molecule is CC(C(=O)NCC1CNCC1O)c1cc2ccccc2o1. The van der Waals surface area contributed by atoms with Gasteiger partial charge in [0.05, 0.1) is 12.0 Å². The summed E-state index contributed by atoms with van der Waals surface area (Å²) in [5.74, 6) is 0.327. The fraction of sp³-hybridized carbons (Fsp3) is 0.438.